The Bertz CT molecular complexity index is 1130. The van der Waals surface area contributed by atoms with E-state index in [0.717, 1.165) is 100 Å². The van der Waals surface area contributed by atoms with Crippen molar-refractivity contribution in [2.75, 3.05) is 63.9 Å². The number of piperidine rings is 2. The SMILES string of the molecule is O=C(C1CCOCC1)N1CCC(CN2CC[C@@H]3CN(c4ncnc5sc(CC(F)(F)F)cc45)C[C@@H]3C2)CC1. The summed E-state index contributed by atoms with van der Waals surface area (Å²) in [6, 6.07) is 1.64. The Labute approximate surface area is 225 Å². The minimum absolute atomic E-state index is 0.145. The third-order valence-corrected chi connectivity index (χ3v) is 9.98. The Hall–Kier alpha value is -1.98. The van der Waals surface area contributed by atoms with E-state index in [0.29, 0.717) is 41.7 Å². The second-order valence-corrected chi connectivity index (χ2v) is 12.7. The van der Waals surface area contributed by atoms with Crippen LogP contribution in [0.15, 0.2) is 12.4 Å². The number of halogens is 3. The fourth-order valence-electron chi connectivity index (χ4n) is 6.92. The van der Waals surface area contributed by atoms with Crippen LogP contribution in [0.1, 0.15) is 37.0 Å². The summed E-state index contributed by atoms with van der Waals surface area (Å²) in [4.78, 5) is 29.5. The zero-order valence-electron chi connectivity index (χ0n) is 21.7. The number of alkyl halides is 3. The van der Waals surface area contributed by atoms with Gasteiger partial charge in [0.05, 0.1) is 11.8 Å². The van der Waals surface area contributed by atoms with Gasteiger partial charge in [0.25, 0.3) is 0 Å². The van der Waals surface area contributed by atoms with E-state index in [-0.39, 0.29) is 10.8 Å². The molecule has 0 N–H and O–H groups in total. The number of thiophene rings is 1. The fourth-order valence-corrected chi connectivity index (χ4v) is 7.94. The number of hydrogen-bond donors (Lipinski definition) is 0. The molecule has 0 unspecified atom stereocenters. The highest BCUT2D eigenvalue weighted by atomic mass is 32.1. The van der Waals surface area contributed by atoms with Gasteiger partial charge in [-0.15, -0.1) is 11.3 Å². The van der Waals surface area contributed by atoms with Crippen molar-refractivity contribution in [1.82, 2.24) is 19.8 Å². The molecule has 11 heteroatoms. The van der Waals surface area contributed by atoms with Crippen LogP contribution in [-0.4, -0.2) is 90.9 Å². The lowest BCUT2D eigenvalue weighted by atomic mass is 9.87. The summed E-state index contributed by atoms with van der Waals surface area (Å²) in [5.41, 5.74) is 0. The predicted molar refractivity (Wildman–Crippen MR) is 140 cm³/mol. The van der Waals surface area contributed by atoms with E-state index in [4.69, 9.17) is 4.74 Å². The molecule has 1 amide bonds. The van der Waals surface area contributed by atoms with Gasteiger partial charge in [0.2, 0.25) is 5.91 Å². The highest BCUT2D eigenvalue weighted by Gasteiger charge is 2.39. The maximum Gasteiger partial charge on any atom is 0.393 e. The van der Waals surface area contributed by atoms with Crippen LogP contribution in [0, 0.1) is 23.7 Å². The Balaban J connectivity index is 1.02. The van der Waals surface area contributed by atoms with Crippen molar-refractivity contribution in [3.8, 4) is 0 Å². The van der Waals surface area contributed by atoms with Crippen molar-refractivity contribution in [3.63, 3.8) is 0 Å². The van der Waals surface area contributed by atoms with E-state index in [9.17, 15) is 18.0 Å². The molecule has 0 aromatic carbocycles. The molecular weight excluding hydrogens is 515 g/mol. The maximum absolute atomic E-state index is 12.9. The molecule has 2 aromatic rings. The normalized spacial score (nSPS) is 26.3. The van der Waals surface area contributed by atoms with E-state index in [1.807, 2.05) is 0 Å². The molecule has 0 spiro atoms. The molecular formula is C27H36F3N5O2S. The molecule has 6 rings (SSSR count). The summed E-state index contributed by atoms with van der Waals surface area (Å²) in [6.45, 7) is 8.17. The average Bonchev–Trinajstić information content (AvgIpc) is 3.51. The monoisotopic (exact) mass is 551 g/mol. The van der Waals surface area contributed by atoms with Gasteiger partial charge >= 0.3 is 6.18 Å². The van der Waals surface area contributed by atoms with E-state index < -0.39 is 12.6 Å². The lowest BCUT2D eigenvalue weighted by Gasteiger charge is -2.39. The van der Waals surface area contributed by atoms with Crippen molar-refractivity contribution in [2.24, 2.45) is 23.7 Å². The third-order valence-electron chi connectivity index (χ3n) is 8.93. The molecule has 0 aliphatic carbocycles. The summed E-state index contributed by atoms with van der Waals surface area (Å²) >= 11 is 1.12. The molecule has 2 aromatic heterocycles. The molecule has 6 heterocycles. The number of anilines is 1. The highest BCUT2D eigenvalue weighted by molar-refractivity contribution is 7.18. The quantitative estimate of drug-likeness (QED) is 0.555. The number of carbonyl (C=O) groups excluding carboxylic acids is 1. The van der Waals surface area contributed by atoms with Crippen molar-refractivity contribution < 1.29 is 22.7 Å². The van der Waals surface area contributed by atoms with Gasteiger partial charge in [-0.2, -0.15) is 13.2 Å². The van der Waals surface area contributed by atoms with Crippen LogP contribution in [-0.2, 0) is 16.0 Å². The van der Waals surface area contributed by atoms with Crippen molar-refractivity contribution in [2.45, 2.75) is 44.7 Å². The van der Waals surface area contributed by atoms with Crippen LogP contribution in [0.2, 0.25) is 0 Å². The van der Waals surface area contributed by atoms with E-state index >= 15 is 0 Å². The predicted octanol–water partition coefficient (Wildman–Crippen LogP) is 4.22. The van der Waals surface area contributed by atoms with Crippen LogP contribution in [0.4, 0.5) is 19.0 Å². The Kier molecular flexibility index (Phi) is 7.52. The first kappa shape index (κ1) is 26.3. The number of likely N-dealkylation sites (tertiary alicyclic amines) is 2. The number of hydrogen-bond acceptors (Lipinski definition) is 7. The molecule has 7 nitrogen and oxygen atoms in total. The van der Waals surface area contributed by atoms with Crippen LogP contribution >= 0.6 is 11.3 Å². The van der Waals surface area contributed by atoms with Crippen molar-refractivity contribution >= 4 is 33.3 Å². The zero-order chi connectivity index (χ0) is 26.3. The molecule has 0 bridgehead atoms. The molecule has 4 fully saturated rings. The van der Waals surface area contributed by atoms with Crippen LogP contribution < -0.4 is 4.90 Å². The number of rotatable bonds is 5. The Morgan fingerprint density at radius 1 is 1.00 bits per heavy atom. The summed E-state index contributed by atoms with van der Waals surface area (Å²) < 4.78 is 44.2. The summed E-state index contributed by atoms with van der Waals surface area (Å²) in [5.74, 6) is 3.00. The van der Waals surface area contributed by atoms with Gasteiger partial charge in [-0.3, -0.25) is 4.79 Å². The number of aromatic nitrogens is 2. The van der Waals surface area contributed by atoms with Gasteiger partial charge in [-0.1, -0.05) is 0 Å². The zero-order valence-corrected chi connectivity index (χ0v) is 22.5. The number of fused-ring (bicyclic) bond motifs is 2. The Morgan fingerprint density at radius 2 is 1.76 bits per heavy atom. The van der Waals surface area contributed by atoms with E-state index in [1.165, 1.54) is 6.33 Å². The number of ether oxygens (including phenoxy) is 1. The van der Waals surface area contributed by atoms with E-state index in [1.54, 1.807) is 6.07 Å². The number of carbonyl (C=O) groups is 1. The molecule has 0 radical (unpaired) electrons. The fraction of sp³-hybridized carbons (Fsp3) is 0.741. The van der Waals surface area contributed by atoms with Gasteiger partial charge in [0, 0.05) is 63.3 Å². The first-order valence-corrected chi connectivity index (χ1v) is 14.8. The van der Waals surface area contributed by atoms with Gasteiger partial charge in [-0.05, 0) is 62.5 Å². The highest BCUT2D eigenvalue weighted by Crippen LogP contribution is 2.39. The van der Waals surface area contributed by atoms with Crippen molar-refractivity contribution in [3.05, 3.63) is 17.3 Å². The Morgan fingerprint density at radius 3 is 2.53 bits per heavy atom. The van der Waals surface area contributed by atoms with Crippen LogP contribution in [0.5, 0.6) is 0 Å². The molecule has 4 aliphatic heterocycles. The first-order valence-electron chi connectivity index (χ1n) is 14.0. The van der Waals surface area contributed by atoms with Gasteiger partial charge in [0.1, 0.15) is 17.0 Å². The number of amides is 1. The summed E-state index contributed by atoms with van der Waals surface area (Å²) in [7, 11) is 0. The van der Waals surface area contributed by atoms with Gasteiger partial charge in [-0.25, -0.2) is 9.97 Å². The molecule has 4 aliphatic rings. The van der Waals surface area contributed by atoms with Crippen LogP contribution in [0.25, 0.3) is 10.2 Å². The minimum atomic E-state index is -4.22. The topological polar surface area (TPSA) is 61.8 Å². The minimum Gasteiger partial charge on any atom is -0.381 e. The maximum atomic E-state index is 12.9. The average molecular weight is 552 g/mol. The second-order valence-electron chi connectivity index (χ2n) is 11.5. The second kappa shape index (κ2) is 10.9. The first-order chi connectivity index (χ1) is 18.3. The lowest BCUT2D eigenvalue weighted by molar-refractivity contribution is -0.140. The molecule has 38 heavy (non-hydrogen) atoms. The third kappa shape index (κ3) is 5.79. The standard InChI is InChI=1S/C27H36F3N5O2S/c28-27(29,30)12-22-11-23-24(31-17-32-25(23)38-22)35-15-20-3-6-33(14-21(20)16-35)13-18-1-7-34(8-2-18)26(36)19-4-9-37-10-5-19/h11,17-21H,1-10,12-16H2/t20-,21+/m1/s1. The van der Waals surface area contributed by atoms with Gasteiger partial charge < -0.3 is 19.4 Å². The summed E-state index contributed by atoms with van der Waals surface area (Å²) in [5, 5.41) is 0.745. The van der Waals surface area contributed by atoms with Gasteiger partial charge in [0.15, 0.2) is 0 Å². The summed E-state index contributed by atoms with van der Waals surface area (Å²) in [6.07, 6.45) is 1.33. The smallest absolute Gasteiger partial charge is 0.381 e. The van der Waals surface area contributed by atoms with Crippen LogP contribution in [0.3, 0.4) is 0 Å². The molecule has 4 saturated heterocycles. The lowest BCUT2D eigenvalue weighted by Crippen LogP contribution is -2.47. The largest absolute Gasteiger partial charge is 0.393 e. The van der Waals surface area contributed by atoms with Crippen molar-refractivity contribution in [1.29, 1.82) is 0 Å². The molecule has 2 atom stereocenters. The molecule has 0 saturated carbocycles. The number of nitrogens with zero attached hydrogens (tertiary/aromatic N) is 5. The van der Waals surface area contributed by atoms with E-state index in [2.05, 4.69) is 24.7 Å². The molecule has 208 valence electrons.